The number of hydrogen-bond acceptors (Lipinski definition) is 1. The fourth-order valence-corrected chi connectivity index (χ4v) is 2.79. The van der Waals surface area contributed by atoms with Crippen LogP contribution in [0.25, 0.3) is 0 Å². The molecule has 0 bridgehead atoms. The maximum atomic E-state index is 10.4. The van der Waals surface area contributed by atoms with Crippen molar-refractivity contribution in [2.45, 2.75) is 110 Å². The van der Waals surface area contributed by atoms with Crippen molar-refractivity contribution < 1.29 is 9.90 Å². The summed E-state index contributed by atoms with van der Waals surface area (Å²) in [6.07, 6.45) is 28.2. The third-order valence-corrected chi connectivity index (χ3v) is 4.34. The van der Waals surface area contributed by atoms with E-state index in [-0.39, 0.29) is 29.6 Å². The van der Waals surface area contributed by atoms with Crippen LogP contribution in [0, 0.1) is 0 Å². The molecule has 0 aliphatic heterocycles. The minimum atomic E-state index is -0.660. The van der Waals surface area contributed by atoms with Crippen LogP contribution >= 0.6 is 0 Å². The van der Waals surface area contributed by atoms with Gasteiger partial charge in [0.15, 0.2) is 0 Å². The van der Waals surface area contributed by atoms with Crippen LogP contribution in [0.15, 0.2) is 24.3 Å². The van der Waals surface area contributed by atoms with Crippen molar-refractivity contribution in [2.75, 3.05) is 0 Å². The van der Waals surface area contributed by atoms with E-state index in [0.29, 0.717) is 6.42 Å². The minimum Gasteiger partial charge on any atom is -0.481 e. The van der Waals surface area contributed by atoms with Crippen LogP contribution in [0.1, 0.15) is 110 Å². The summed E-state index contributed by atoms with van der Waals surface area (Å²) >= 11 is 0. The van der Waals surface area contributed by atoms with Crippen molar-refractivity contribution in [1.82, 2.24) is 0 Å². The fraction of sp³-hybridized carbons (Fsp3) is 0.773. The molecule has 25 heavy (non-hydrogen) atoms. The Balaban J connectivity index is 0. The van der Waals surface area contributed by atoms with Crippen LogP contribution in [0.2, 0.25) is 0 Å². The summed E-state index contributed by atoms with van der Waals surface area (Å²) in [5, 5.41) is 8.55. The fourth-order valence-electron chi connectivity index (χ4n) is 2.79. The summed E-state index contributed by atoms with van der Waals surface area (Å²) in [6, 6.07) is 0. The average molecular weight is 360 g/mol. The van der Waals surface area contributed by atoms with E-state index in [1.165, 1.54) is 77.0 Å². The van der Waals surface area contributed by atoms with Gasteiger partial charge in [0.2, 0.25) is 0 Å². The smallest absolute Gasteiger partial charge is 0.303 e. The van der Waals surface area contributed by atoms with E-state index in [1.54, 1.807) is 0 Å². The summed E-state index contributed by atoms with van der Waals surface area (Å²) < 4.78 is 0. The predicted molar refractivity (Wildman–Crippen MR) is 111 cm³/mol. The van der Waals surface area contributed by atoms with E-state index in [4.69, 9.17) is 5.11 Å². The molecular weight excluding hydrogens is 319 g/mol. The van der Waals surface area contributed by atoms with Gasteiger partial charge in [0, 0.05) is 36.0 Å². The second kappa shape index (κ2) is 23.9. The Labute approximate surface area is 178 Å². The minimum absolute atomic E-state index is 0. The molecule has 1 radical (unpaired) electrons. The molecule has 0 saturated heterocycles. The Bertz CT molecular complexity index is 324. The second-order valence-corrected chi connectivity index (χ2v) is 6.79. The van der Waals surface area contributed by atoms with Gasteiger partial charge < -0.3 is 5.11 Å². The summed E-state index contributed by atoms with van der Waals surface area (Å²) in [5.41, 5.74) is 0. The number of carbonyl (C=O) groups is 1. The van der Waals surface area contributed by atoms with Gasteiger partial charge in [-0.25, -0.2) is 0 Å². The third-order valence-electron chi connectivity index (χ3n) is 4.34. The molecule has 1 N–H and O–H groups in total. The molecule has 0 spiro atoms. The number of carboxylic acid groups (broad SMARTS) is 1. The van der Waals surface area contributed by atoms with Gasteiger partial charge in [-0.3, -0.25) is 4.79 Å². The number of rotatable bonds is 18. The van der Waals surface area contributed by atoms with Crippen LogP contribution < -0.4 is 0 Å². The van der Waals surface area contributed by atoms with Crippen LogP contribution in [-0.2, 0) is 4.79 Å². The molecule has 0 heterocycles. The molecule has 3 heteroatoms. The average Bonchev–Trinajstić information content (AvgIpc) is 2.56. The van der Waals surface area contributed by atoms with E-state index >= 15 is 0 Å². The van der Waals surface area contributed by atoms with Gasteiger partial charge in [0.1, 0.15) is 0 Å². The first-order chi connectivity index (χ1) is 11.8. The first kappa shape index (κ1) is 27.2. The Kier molecular flexibility index (Phi) is 26.0. The Morgan fingerprint density at radius 2 is 1.12 bits per heavy atom. The van der Waals surface area contributed by atoms with Gasteiger partial charge >= 0.3 is 5.97 Å². The SMILES string of the molecule is CCCCC/C=C\C/C=C\CCCCCCCCCCCC(=O)O.[Na]. The van der Waals surface area contributed by atoms with Crippen LogP contribution in [0.3, 0.4) is 0 Å². The molecule has 2 nitrogen and oxygen atoms in total. The largest absolute Gasteiger partial charge is 0.481 e. The Morgan fingerprint density at radius 3 is 1.60 bits per heavy atom. The molecule has 0 atom stereocenters. The molecule has 0 aliphatic rings. The van der Waals surface area contributed by atoms with Crippen molar-refractivity contribution in [1.29, 1.82) is 0 Å². The van der Waals surface area contributed by atoms with E-state index in [0.717, 1.165) is 19.3 Å². The monoisotopic (exact) mass is 359 g/mol. The normalized spacial score (nSPS) is 11.2. The van der Waals surface area contributed by atoms with Gasteiger partial charge in [-0.1, -0.05) is 89.0 Å². The molecule has 0 aliphatic carbocycles. The van der Waals surface area contributed by atoms with Crippen molar-refractivity contribution in [3.63, 3.8) is 0 Å². The first-order valence-electron chi connectivity index (χ1n) is 10.3. The van der Waals surface area contributed by atoms with E-state index in [9.17, 15) is 4.79 Å². The Morgan fingerprint density at radius 1 is 0.680 bits per heavy atom. The standard InChI is InChI=1S/C22H40O2.Na/c1-2-3-4-5-6-7-8-9-10-11-12-13-14-15-16-17-18-19-20-21-22(23)24;/h6-7,9-10H,2-5,8,11-21H2,1H3,(H,23,24);/b7-6-,10-9-;. The third kappa shape index (κ3) is 26.3. The topological polar surface area (TPSA) is 37.3 Å². The van der Waals surface area contributed by atoms with Crippen molar-refractivity contribution in [2.24, 2.45) is 0 Å². The zero-order valence-corrected chi connectivity index (χ0v) is 19.0. The molecule has 0 amide bonds. The van der Waals surface area contributed by atoms with Crippen LogP contribution in [-0.4, -0.2) is 40.6 Å². The number of carboxylic acids is 1. The van der Waals surface area contributed by atoms with Crippen LogP contribution in [0.4, 0.5) is 0 Å². The van der Waals surface area contributed by atoms with E-state index < -0.39 is 5.97 Å². The molecule has 0 aromatic heterocycles. The first-order valence-corrected chi connectivity index (χ1v) is 10.3. The summed E-state index contributed by atoms with van der Waals surface area (Å²) in [5.74, 6) is -0.660. The number of hydrogen-bond donors (Lipinski definition) is 1. The van der Waals surface area contributed by atoms with Gasteiger partial charge in [0.25, 0.3) is 0 Å². The van der Waals surface area contributed by atoms with Gasteiger partial charge in [-0.05, 0) is 38.5 Å². The van der Waals surface area contributed by atoms with Gasteiger partial charge in [-0.2, -0.15) is 0 Å². The Hall–Kier alpha value is -0.0500. The number of allylic oxidation sites excluding steroid dienone is 4. The zero-order chi connectivity index (χ0) is 17.7. The van der Waals surface area contributed by atoms with Crippen LogP contribution in [0.5, 0.6) is 0 Å². The summed E-state index contributed by atoms with van der Waals surface area (Å²) in [7, 11) is 0. The molecule has 0 aromatic rings. The maximum Gasteiger partial charge on any atom is 0.303 e. The molecule has 0 fully saturated rings. The summed E-state index contributed by atoms with van der Waals surface area (Å²) in [4.78, 5) is 10.4. The molecule has 0 aromatic carbocycles. The van der Waals surface area contributed by atoms with Gasteiger partial charge in [0.05, 0.1) is 0 Å². The van der Waals surface area contributed by atoms with Gasteiger partial charge in [-0.15, -0.1) is 0 Å². The van der Waals surface area contributed by atoms with E-state index in [1.807, 2.05) is 0 Å². The van der Waals surface area contributed by atoms with E-state index in [2.05, 4.69) is 31.2 Å². The maximum absolute atomic E-state index is 10.4. The van der Waals surface area contributed by atoms with Crippen molar-refractivity contribution in [3.8, 4) is 0 Å². The molecule has 0 saturated carbocycles. The van der Waals surface area contributed by atoms with Crippen molar-refractivity contribution >= 4 is 35.5 Å². The molecule has 141 valence electrons. The number of unbranched alkanes of at least 4 members (excludes halogenated alkanes) is 12. The second-order valence-electron chi connectivity index (χ2n) is 6.79. The predicted octanol–water partition coefficient (Wildman–Crippen LogP) is 7.06. The molecular formula is C22H40NaO2. The zero-order valence-electron chi connectivity index (χ0n) is 17.0. The van der Waals surface area contributed by atoms with Crippen molar-refractivity contribution in [3.05, 3.63) is 24.3 Å². The summed E-state index contributed by atoms with van der Waals surface area (Å²) in [6.45, 7) is 2.25. The molecule has 0 unspecified atom stereocenters. The molecule has 0 rings (SSSR count). The number of aliphatic carboxylic acids is 1. The quantitative estimate of drug-likeness (QED) is 0.161.